The molecule has 0 aromatic heterocycles. The average Bonchev–Trinajstić information content (AvgIpc) is 2.84. The zero-order valence-electron chi connectivity index (χ0n) is 18.6. The number of aliphatic hydroxyl groups excluding tert-OH is 8. The molecule has 0 bridgehead atoms. The Balaban J connectivity index is 1.56. The molecule has 1 aromatic rings. The fraction of sp³-hybridized carbons (Fsp3) is 0.583. The summed E-state index contributed by atoms with van der Waals surface area (Å²) in [6.45, 7) is -0.939. The molecule has 2 aliphatic rings. The third-order valence-corrected chi connectivity index (χ3v) is 6.25. The zero-order valence-corrected chi connectivity index (χ0v) is 18.6. The molecule has 2 heterocycles. The van der Waals surface area contributed by atoms with E-state index in [4.69, 9.17) is 9.47 Å². The van der Waals surface area contributed by atoms with E-state index in [0.29, 0.717) is 0 Å². The van der Waals surface area contributed by atoms with E-state index in [2.05, 4.69) is 0 Å². The Morgan fingerprint density at radius 1 is 0.588 bits per heavy atom. The van der Waals surface area contributed by atoms with Gasteiger partial charge in [-0.2, -0.15) is 0 Å². The van der Waals surface area contributed by atoms with E-state index in [1.165, 1.54) is 0 Å². The van der Waals surface area contributed by atoms with E-state index < -0.39 is 74.3 Å². The van der Waals surface area contributed by atoms with Crippen molar-refractivity contribution in [3.05, 3.63) is 47.5 Å². The predicted molar refractivity (Wildman–Crippen MR) is 121 cm³/mol. The third-order valence-electron chi connectivity index (χ3n) is 6.25. The molecule has 0 amide bonds. The number of aliphatic hydroxyl groups is 8. The Morgan fingerprint density at radius 2 is 0.971 bits per heavy atom. The van der Waals surface area contributed by atoms with Crippen molar-refractivity contribution < 1.29 is 50.3 Å². The molecule has 10 heteroatoms. The van der Waals surface area contributed by atoms with Crippen LogP contribution in [0.4, 0.5) is 0 Å². The van der Waals surface area contributed by atoms with Crippen LogP contribution in [0.15, 0.2) is 36.4 Å². The van der Waals surface area contributed by atoms with Crippen molar-refractivity contribution in [1.29, 1.82) is 0 Å². The number of hydrogen-bond donors (Lipinski definition) is 8. The van der Waals surface area contributed by atoms with Crippen LogP contribution in [0, 0.1) is 0 Å². The lowest BCUT2D eigenvalue weighted by molar-refractivity contribution is -0.227. The highest BCUT2D eigenvalue weighted by Gasteiger charge is 2.43. The van der Waals surface area contributed by atoms with Crippen molar-refractivity contribution in [2.24, 2.45) is 0 Å². The molecule has 10 nitrogen and oxygen atoms in total. The van der Waals surface area contributed by atoms with Crippen molar-refractivity contribution in [3.8, 4) is 0 Å². The maximum Gasteiger partial charge on any atom is 0.111 e. The largest absolute Gasteiger partial charge is 0.394 e. The molecule has 10 atom stereocenters. The van der Waals surface area contributed by atoms with Gasteiger partial charge in [-0.3, -0.25) is 0 Å². The smallest absolute Gasteiger partial charge is 0.111 e. The van der Waals surface area contributed by atoms with E-state index in [9.17, 15) is 40.9 Å². The minimum Gasteiger partial charge on any atom is -0.394 e. The van der Waals surface area contributed by atoms with Crippen LogP contribution in [0.5, 0.6) is 0 Å². The van der Waals surface area contributed by atoms with Gasteiger partial charge in [-0.05, 0) is 30.0 Å². The molecule has 2 fully saturated rings. The second kappa shape index (κ2) is 12.3. The van der Waals surface area contributed by atoms with Crippen LogP contribution in [0.1, 0.15) is 24.0 Å². The molecular formula is C24H34O10. The third kappa shape index (κ3) is 6.29. The zero-order chi connectivity index (χ0) is 24.8. The summed E-state index contributed by atoms with van der Waals surface area (Å²) in [4.78, 5) is 0. The molecule has 0 spiro atoms. The number of hydrogen-bond acceptors (Lipinski definition) is 10. The van der Waals surface area contributed by atoms with E-state index in [-0.39, 0.29) is 12.8 Å². The van der Waals surface area contributed by atoms with Gasteiger partial charge in [0.15, 0.2) is 0 Å². The topological polar surface area (TPSA) is 180 Å². The predicted octanol–water partition coefficient (Wildman–Crippen LogP) is -1.82. The lowest BCUT2D eigenvalue weighted by atomic mass is 9.93. The molecule has 0 unspecified atom stereocenters. The van der Waals surface area contributed by atoms with E-state index in [0.717, 1.165) is 11.1 Å². The van der Waals surface area contributed by atoms with Crippen molar-refractivity contribution in [3.63, 3.8) is 0 Å². The van der Waals surface area contributed by atoms with Crippen molar-refractivity contribution in [1.82, 2.24) is 0 Å². The summed E-state index contributed by atoms with van der Waals surface area (Å²) < 4.78 is 11.0. The summed E-state index contributed by atoms with van der Waals surface area (Å²) in [5.41, 5.74) is 1.72. The summed E-state index contributed by atoms with van der Waals surface area (Å²) in [5, 5.41) is 78.3. The van der Waals surface area contributed by atoms with Gasteiger partial charge in [0.05, 0.1) is 25.4 Å². The Hall–Kier alpha value is -1.70. The second-order valence-corrected chi connectivity index (χ2v) is 8.68. The number of ether oxygens (including phenoxy) is 2. The van der Waals surface area contributed by atoms with Crippen molar-refractivity contribution in [2.45, 2.75) is 73.9 Å². The Kier molecular flexibility index (Phi) is 9.74. The van der Waals surface area contributed by atoms with Gasteiger partial charge in [0.2, 0.25) is 0 Å². The highest BCUT2D eigenvalue weighted by molar-refractivity contribution is 5.57. The average molecular weight is 483 g/mol. The van der Waals surface area contributed by atoms with Crippen LogP contribution in [-0.4, -0.2) is 115 Å². The summed E-state index contributed by atoms with van der Waals surface area (Å²) in [7, 11) is 0. The van der Waals surface area contributed by atoms with Gasteiger partial charge in [0.25, 0.3) is 0 Å². The highest BCUT2D eigenvalue weighted by atomic mass is 16.5. The minimum atomic E-state index is -1.40. The molecule has 34 heavy (non-hydrogen) atoms. The summed E-state index contributed by atoms with van der Waals surface area (Å²) in [6, 6.07) is 7.49. The van der Waals surface area contributed by atoms with Crippen LogP contribution in [0.3, 0.4) is 0 Å². The molecule has 0 radical (unpaired) electrons. The maximum atomic E-state index is 10.1. The van der Waals surface area contributed by atoms with Crippen LogP contribution in [0.2, 0.25) is 0 Å². The minimum absolute atomic E-state index is 0.263. The molecule has 190 valence electrons. The first-order chi connectivity index (χ1) is 16.3. The monoisotopic (exact) mass is 482 g/mol. The molecule has 8 N–H and O–H groups in total. The SMILES string of the molecule is OC[C@H]1O[C@H](CC=Cc2cccc(C=CC[C@H]3O[C@H](CO)[C@@H](O)[C@H](O)[C@@H]3O)c2)[C@@H](O)[C@@H](O)[C@@H]1O. The van der Waals surface area contributed by atoms with Crippen molar-refractivity contribution >= 4 is 12.2 Å². The molecule has 2 aliphatic heterocycles. The van der Waals surface area contributed by atoms with Crippen LogP contribution >= 0.6 is 0 Å². The molecule has 3 rings (SSSR count). The summed E-state index contributed by atoms with van der Waals surface area (Å²) >= 11 is 0. The van der Waals surface area contributed by atoms with E-state index in [1.807, 2.05) is 36.4 Å². The normalized spacial score (nSPS) is 39.2. The van der Waals surface area contributed by atoms with E-state index in [1.54, 1.807) is 12.2 Å². The quantitative estimate of drug-likeness (QED) is 0.210. The highest BCUT2D eigenvalue weighted by Crippen LogP contribution is 2.25. The number of rotatable bonds is 8. The van der Waals surface area contributed by atoms with Crippen LogP contribution < -0.4 is 0 Å². The Bertz CT molecular complexity index is 762. The first-order valence-corrected chi connectivity index (χ1v) is 11.3. The fourth-order valence-electron chi connectivity index (χ4n) is 4.19. The molecule has 0 saturated carbocycles. The summed E-state index contributed by atoms with van der Waals surface area (Å²) in [5.74, 6) is 0. The standard InChI is InChI=1S/C24H34O10/c25-11-17-21(29)23(31)19(27)15(33-17)8-2-6-13-4-1-5-14(10-13)7-3-9-16-20(28)24(32)22(30)18(12-26)34-16/h1-7,10,15-32H,8-9,11-12H2/t15-,16-,17-,18-,19-,20-,21-,22-,23-,24-/m1/s1. The first-order valence-electron chi connectivity index (χ1n) is 11.3. The molecular weight excluding hydrogens is 448 g/mol. The van der Waals surface area contributed by atoms with Gasteiger partial charge in [-0.25, -0.2) is 0 Å². The maximum absolute atomic E-state index is 10.1. The lowest BCUT2D eigenvalue weighted by Crippen LogP contribution is -2.58. The van der Waals surface area contributed by atoms with Crippen molar-refractivity contribution in [2.75, 3.05) is 13.2 Å². The van der Waals surface area contributed by atoms with Gasteiger partial charge >= 0.3 is 0 Å². The van der Waals surface area contributed by atoms with Crippen LogP contribution in [0.25, 0.3) is 12.2 Å². The summed E-state index contributed by atoms with van der Waals surface area (Å²) in [6.07, 6.45) is -3.85. The van der Waals surface area contributed by atoms with E-state index >= 15 is 0 Å². The Morgan fingerprint density at radius 3 is 1.35 bits per heavy atom. The fourth-order valence-corrected chi connectivity index (χ4v) is 4.19. The van der Waals surface area contributed by atoms with Gasteiger partial charge in [0, 0.05) is 0 Å². The number of benzene rings is 1. The van der Waals surface area contributed by atoms with Gasteiger partial charge < -0.3 is 50.3 Å². The van der Waals surface area contributed by atoms with Crippen LogP contribution in [-0.2, 0) is 9.47 Å². The molecule has 1 aromatic carbocycles. The van der Waals surface area contributed by atoms with Gasteiger partial charge in [-0.15, -0.1) is 0 Å². The second-order valence-electron chi connectivity index (χ2n) is 8.68. The Labute approximate surface area is 197 Å². The van der Waals surface area contributed by atoms with Gasteiger partial charge in [0.1, 0.15) is 48.8 Å². The molecule has 2 saturated heterocycles. The lowest BCUT2D eigenvalue weighted by Gasteiger charge is -2.39. The molecule has 0 aliphatic carbocycles. The first kappa shape index (κ1) is 26.9. The van der Waals surface area contributed by atoms with Gasteiger partial charge in [-0.1, -0.05) is 42.5 Å².